The molecule has 0 spiro atoms. The van der Waals surface area contributed by atoms with E-state index in [0.29, 0.717) is 17.4 Å². The van der Waals surface area contributed by atoms with Gasteiger partial charge in [-0.15, -0.1) is 0 Å². The summed E-state index contributed by atoms with van der Waals surface area (Å²) in [5.41, 5.74) is 0.455. The van der Waals surface area contributed by atoms with E-state index in [1.165, 1.54) is 17.1 Å². The molecule has 5 nitrogen and oxygen atoms in total. The van der Waals surface area contributed by atoms with E-state index in [9.17, 15) is 4.79 Å². The molecular formula is C9H9N3O2. The van der Waals surface area contributed by atoms with E-state index < -0.39 is 0 Å². The van der Waals surface area contributed by atoms with Gasteiger partial charge in [-0.05, 0) is 6.07 Å². The molecule has 0 amide bonds. The Bertz CT molecular complexity index is 507. The Morgan fingerprint density at radius 3 is 3.14 bits per heavy atom. The van der Waals surface area contributed by atoms with Crippen molar-refractivity contribution in [2.45, 2.75) is 6.54 Å². The molecule has 0 aliphatic rings. The van der Waals surface area contributed by atoms with E-state index in [2.05, 4.69) is 9.97 Å². The van der Waals surface area contributed by atoms with Crippen molar-refractivity contribution in [3.8, 4) is 0 Å². The Morgan fingerprint density at radius 1 is 1.50 bits per heavy atom. The van der Waals surface area contributed by atoms with Gasteiger partial charge in [-0.3, -0.25) is 4.79 Å². The Balaban J connectivity index is 2.69. The summed E-state index contributed by atoms with van der Waals surface area (Å²) in [4.78, 5) is 19.4. The minimum atomic E-state index is -0.169. The van der Waals surface area contributed by atoms with E-state index in [4.69, 9.17) is 5.11 Å². The lowest BCUT2D eigenvalue weighted by Gasteiger charge is -2.03. The first-order valence-corrected chi connectivity index (χ1v) is 4.23. The SMILES string of the molecule is O=c1c2cncnc2ccn1CCO. The highest BCUT2D eigenvalue weighted by Crippen LogP contribution is 2.02. The van der Waals surface area contributed by atoms with Crippen LogP contribution in [0.25, 0.3) is 10.9 Å². The van der Waals surface area contributed by atoms with Gasteiger partial charge in [-0.2, -0.15) is 0 Å². The van der Waals surface area contributed by atoms with Gasteiger partial charge in [-0.25, -0.2) is 9.97 Å². The molecule has 1 N–H and O–H groups in total. The zero-order chi connectivity index (χ0) is 9.97. The van der Waals surface area contributed by atoms with E-state index >= 15 is 0 Å². The fourth-order valence-corrected chi connectivity index (χ4v) is 1.30. The summed E-state index contributed by atoms with van der Waals surface area (Å²) in [7, 11) is 0. The van der Waals surface area contributed by atoms with Crippen LogP contribution in [0.2, 0.25) is 0 Å². The van der Waals surface area contributed by atoms with Gasteiger partial charge in [0, 0.05) is 18.9 Å². The Morgan fingerprint density at radius 2 is 2.36 bits per heavy atom. The number of hydrogen-bond acceptors (Lipinski definition) is 4. The summed E-state index contributed by atoms with van der Waals surface area (Å²) >= 11 is 0. The van der Waals surface area contributed by atoms with E-state index in [1.54, 1.807) is 12.3 Å². The molecule has 0 radical (unpaired) electrons. The zero-order valence-electron chi connectivity index (χ0n) is 7.42. The first kappa shape index (κ1) is 8.83. The first-order chi connectivity index (χ1) is 6.83. The molecule has 0 saturated heterocycles. The molecule has 2 heterocycles. The van der Waals surface area contributed by atoms with Gasteiger partial charge in [0.25, 0.3) is 5.56 Å². The maximum Gasteiger partial charge on any atom is 0.261 e. The highest BCUT2D eigenvalue weighted by Gasteiger charge is 2.01. The van der Waals surface area contributed by atoms with E-state index in [1.807, 2.05) is 0 Å². The highest BCUT2D eigenvalue weighted by molar-refractivity contribution is 5.75. The molecule has 0 aliphatic heterocycles. The third-order valence-corrected chi connectivity index (χ3v) is 1.99. The predicted molar refractivity (Wildman–Crippen MR) is 50.9 cm³/mol. The molecule has 72 valence electrons. The second kappa shape index (κ2) is 3.55. The largest absolute Gasteiger partial charge is 0.395 e. The lowest BCUT2D eigenvalue weighted by atomic mass is 10.3. The molecule has 0 aromatic carbocycles. The van der Waals surface area contributed by atoms with Crippen LogP contribution >= 0.6 is 0 Å². The number of fused-ring (bicyclic) bond motifs is 1. The van der Waals surface area contributed by atoms with Gasteiger partial charge < -0.3 is 9.67 Å². The standard InChI is InChI=1S/C9H9N3O2/c13-4-3-12-2-1-8-7(9(12)14)5-10-6-11-8/h1-2,5-6,13H,3-4H2. The molecule has 5 heteroatoms. The molecule has 2 aromatic heterocycles. The van der Waals surface area contributed by atoms with Crippen LogP contribution in [0.3, 0.4) is 0 Å². The van der Waals surface area contributed by atoms with Gasteiger partial charge in [0.15, 0.2) is 0 Å². The maximum absolute atomic E-state index is 11.7. The number of hydrogen-bond donors (Lipinski definition) is 1. The average molecular weight is 191 g/mol. The molecular weight excluding hydrogens is 182 g/mol. The summed E-state index contributed by atoms with van der Waals surface area (Å²) in [5, 5.41) is 9.20. The van der Waals surface area contributed by atoms with Crippen molar-refractivity contribution in [1.82, 2.24) is 14.5 Å². The quantitative estimate of drug-likeness (QED) is 0.712. The van der Waals surface area contributed by atoms with E-state index in [0.717, 1.165) is 0 Å². The molecule has 0 unspecified atom stereocenters. The first-order valence-electron chi connectivity index (χ1n) is 4.23. The average Bonchev–Trinajstić information content (AvgIpc) is 2.23. The van der Waals surface area contributed by atoms with Crippen LogP contribution in [-0.4, -0.2) is 26.2 Å². The van der Waals surface area contributed by atoms with Crippen molar-refractivity contribution in [1.29, 1.82) is 0 Å². The van der Waals surface area contributed by atoms with E-state index in [-0.39, 0.29) is 12.2 Å². The van der Waals surface area contributed by atoms with Crippen LogP contribution in [0.4, 0.5) is 0 Å². The van der Waals surface area contributed by atoms with Crippen LogP contribution in [0.15, 0.2) is 29.6 Å². The van der Waals surface area contributed by atoms with Gasteiger partial charge >= 0.3 is 0 Å². The normalized spacial score (nSPS) is 10.6. The second-order valence-electron chi connectivity index (χ2n) is 2.86. The number of rotatable bonds is 2. The molecule has 0 aliphatic carbocycles. The molecule has 14 heavy (non-hydrogen) atoms. The summed E-state index contributed by atoms with van der Waals surface area (Å²) in [6.45, 7) is 0.239. The fourth-order valence-electron chi connectivity index (χ4n) is 1.30. The second-order valence-corrected chi connectivity index (χ2v) is 2.86. The number of aliphatic hydroxyl groups excluding tert-OH is 1. The molecule has 0 bridgehead atoms. The third kappa shape index (κ3) is 1.38. The predicted octanol–water partition coefficient (Wildman–Crippen LogP) is -0.216. The van der Waals surface area contributed by atoms with Crippen molar-refractivity contribution in [2.75, 3.05) is 6.61 Å². The third-order valence-electron chi connectivity index (χ3n) is 1.99. The van der Waals surface area contributed by atoms with Crippen molar-refractivity contribution in [3.63, 3.8) is 0 Å². The lowest BCUT2D eigenvalue weighted by molar-refractivity contribution is 0.274. The van der Waals surface area contributed by atoms with Gasteiger partial charge in [0.2, 0.25) is 0 Å². The molecule has 0 fully saturated rings. The van der Waals surface area contributed by atoms with Gasteiger partial charge in [-0.1, -0.05) is 0 Å². The summed E-state index contributed by atoms with van der Waals surface area (Å²) in [6, 6.07) is 1.73. The van der Waals surface area contributed by atoms with Crippen molar-refractivity contribution < 1.29 is 5.11 Å². The Hall–Kier alpha value is -1.75. The summed E-state index contributed by atoms with van der Waals surface area (Å²) < 4.78 is 1.44. The monoisotopic (exact) mass is 191 g/mol. The van der Waals surface area contributed by atoms with Gasteiger partial charge in [0.05, 0.1) is 17.5 Å². The topological polar surface area (TPSA) is 68.0 Å². The minimum Gasteiger partial charge on any atom is -0.395 e. The Labute approximate surface area is 79.7 Å². The van der Waals surface area contributed by atoms with Gasteiger partial charge in [0.1, 0.15) is 6.33 Å². The zero-order valence-corrected chi connectivity index (χ0v) is 7.42. The van der Waals surface area contributed by atoms with Crippen molar-refractivity contribution in [2.24, 2.45) is 0 Å². The van der Waals surface area contributed by atoms with Crippen molar-refractivity contribution >= 4 is 10.9 Å². The lowest BCUT2D eigenvalue weighted by Crippen LogP contribution is -2.21. The highest BCUT2D eigenvalue weighted by atomic mass is 16.3. The van der Waals surface area contributed by atoms with Crippen LogP contribution in [-0.2, 0) is 6.54 Å². The Kier molecular flexibility index (Phi) is 2.24. The van der Waals surface area contributed by atoms with Crippen molar-refractivity contribution in [3.05, 3.63) is 35.1 Å². The summed E-state index contributed by atoms with van der Waals surface area (Å²) in [5.74, 6) is 0. The van der Waals surface area contributed by atoms with Crippen LogP contribution in [0.5, 0.6) is 0 Å². The summed E-state index contributed by atoms with van der Waals surface area (Å²) in [6.07, 6.45) is 4.50. The van der Waals surface area contributed by atoms with Crippen LogP contribution in [0, 0.1) is 0 Å². The number of pyridine rings is 1. The molecule has 2 rings (SSSR count). The number of aromatic nitrogens is 3. The molecule has 0 saturated carbocycles. The molecule has 2 aromatic rings. The number of aliphatic hydroxyl groups is 1. The minimum absolute atomic E-state index is 0.0564. The maximum atomic E-state index is 11.7. The number of nitrogens with zero attached hydrogens (tertiary/aromatic N) is 3. The molecule has 0 atom stereocenters. The van der Waals surface area contributed by atoms with Crippen LogP contribution < -0.4 is 5.56 Å². The smallest absolute Gasteiger partial charge is 0.261 e. The van der Waals surface area contributed by atoms with Crippen LogP contribution in [0.1, 0.15) is 0 Å². The fraction of sp³-hybridized carbons (Fsp3) is 0.222.